The Hall–Kier alpha value is -1.82. The van der Waals surface area contributed by atoms with E-state index in [1.54, 1.807) is 0 Å². The van der Waals surface area contributed by atoms with Crippen molar-refractivity contribution in [3.05, 3.63) is 68.4 Å². The number of benzene rings is 2. The lowest BCUT2D eigenvalue weighted by Gasteiger charge is -2.09. The standard InChI is InChI=1S/C14H8Cl3FN2O2/c15-8-3-1-7(2-4-8)13(21)19-20-14(22)9-5-12(18)11(17)6-10(9)16/h1-6H,(H,19,21)(H,20,22). The van der Waals surface area contributed by atoms with Crippen molar-refractivity contribution < 1.29 is 14.0 Å². The first kappa shape index (κ1) is 16.5. The fourth-order valence-corrected chi connectivity index (χ4v) is 2.15. The lowest BCUT2D eigenvalue weighted by Crippen LogP contribution is -2.41. The second-order valence-corrected chi connectivity index (χ2v) is 5.41. The number of rotatable bonds is 2. The van der Waals surface area contributed by atoms with Crippen molar-refractivity contribution in [1.29, 1.82) is 0 Å². The van der Waals surface area contributed by atoms with Gasteiger partial charge in [-0.2, -0.15) is 0 Å². The number of carbonyl (C=O) groups is 2. The molecular formula is C14H8Cl3FN2O2. The van der Waals surface area contributed by atoms with Gasteiger partial charge in [-0.1, -0.05) is 34.8 Å². The van der Waals surface area contributed by atoms with Crippen LogP contribution >= 0.6 is 34.8 Å². The van der Waals surface area contributed by atoms with E-state index in [0.717, 1.165) is 12.1 Å². The van der Waals surface area contributed by atoms with Crippen LogP contribution in [0.2, 0.25) is 15.1 Å². The highest BCUT2D eigenvalue weighted by Crippen LogP contribution is 2.24. The maximum Gasteiger partial charge on any atom is 0.271 e. The lowest BCUT2D eigenvalue weighted by atomic mass is 10.2. The molecule has 2 aromatic carbocycles. The van der Waals surface area contributed by atoms with Crippen molar-refractivity contribution in [3.63, 3.8) is 0 Å². The third-order valence-electron chi connectivity index (χ3n) is 2.65. The van der Waals surface area contributed by atoms with Gasteiger partial charge in [0.05, 0.1) is 15.6 Å². The van der Waals surface area contributed by atoms with E-state index in [-0.39, 0.29) is 21.2 Å². The molecule has 0 aliphatic heterocycles. The number of nitrogens with one attached hydrogen (secondary N) is 2. The summed E-state index contributed by atoms with van der Waals surface area (Å²) >= 11 is 17.1. The van der Waals surface area contributed by atoms with Gasteiger partial charge in [0, 0.05) is 10.6 Å². The normalized spacial score (nSPS) is 10.2. The zero-order valence-corrected chi connectivity index (χ0v) is 13.1. The second kappa shape index (κ2) is 6.96. The molecule has 0 bridgehead atoms. The van der Waals surface area contributed by atoms with Gasteiger partial charge in [0.25, 0.3) is 11.8 Å². The van der Waals surface area contributed by atoms with Gasteiger partial charge in [-0.3, -0.25) is 20.4 Å². The smallest absolute Gasteiger partial charge is 0.267 e. The first-order valence-corrected chi connectivity index (χ1v) is 7.02. The predicted molar refractivity (Wildman–Crippen MR) is 82.8 cm³/mol. The monoisotopic (exact) mass is 360 g/mol. The Morgan fingerprint density at radius 3 is 2.09 bits per heavy atom. The van der Waals surface area contributed by atoms with Crippen LogP contribution in [-0.2, 0) is 0 Å². The lowest BCUT2D eigenvalue weighted by molar-refractivity contribution is 0.0846. The van der Waals surface area contributed by atoms with Crippen LogP contribution < -0.4 is 10.9 Å². The first-order valence-electron chi connectivity index (χ1n) is 5.89. The number of hydrogen-bond acceptors (Lipinski definition) is 2. The molecule has 8 heteroatoms. The Labute approximate surface area is 140 Å². The van der Waals surface area contributed by atoms with E-state index >= 15 is 0 Å². The Kier molecular flexibility index (Phi) is 5.24. The summed E-state index contributed by atoms with van der Waals surface area (Å²) in [7, 11) is 0. The summed E-state index contributed by atoms with van der Waals surface area (Å²) in [6, 6.07) is 8.02. The van der Waals surface area contributed by atoms with Gasteiger partial charge in [-0.05, 0) is 36.4 Å². The van der Waals surface area contributed by atoms with E-state index in [2.05, 4.69) is 10.9 Å². The molecule has 114 valence electrons. The molecule has 22 heavy (non-hydrogen) atoms. The molecular weight excluding hydrogens is 354 g/mol. The molecule has 0 saturated heterocycles. The van der Waals surface area contributed by atoms with Gasteiger partial charge >= 0.3 is 0 Å². The molecule has 4 nitrogen and oxygen atoms in total. The Morgan fingerprint density at radius 2 is 1.45 bits per heavy atom. The van der Waals surface area contributed by atoms with Gasteiger partial charge in [0.1, 0.15) is 5.82 Å². The minimum atomic E-state index is -0.791. The van der Waals surface area contributed by atoms with Crippen LogP contribution in [0, 0.1) is 5.82 Å². The molecule has 2 aromatic rings. The Bertz CT molecular complexity index is 736. The van der Waals surface area contributed by atoms with Crippen LogP contribution in [-0.4, -0.2) is 11.8 Å². The van der Waals surface area contributed by atoms with Crippen LogP contribution in [0.15, 0.2) is 36.4 Å². The molecule has 0 aliphatic carbocycles. The molecule has 0 heterocycles. The summed E-state index contributed by atoms with van der Waals surface area (Å²) in [5.41, 5.74) is 4.45. The van der Waals surface area contributed by atoms with Crippen molar-refractivity contribution in [3.8, 4) is 0 Å². The highest BCUT2D eigenvalue weighted by atomic mass is 35.5. The van der Waals surface area contributed by atoms with Crippen LogP contribution in [0.25, 0.3) is 0 Å². The van der Waals surface area contributed by atoms with Crippen LogP contribution in [0.1, 0.15) is 20.7 Å². The van der Waals surface area contributed by atoms with Crippen molar-refractivity contribution in [1.82, 2.24) is 10.9 Å². The molecule has 0 atom stereocenters. The van der Waals surface area contributed by atoms with Gasteiger partial charge in [0.2, 0.25) is 0 Å². The Morgan fingerprint density at radius 1 is 0.864 bits per heavy atom. The Balaban J connectivity index is 2.05. The summed E-state index contributed by atoms with van der Waals surface area (Å²) in [6.45, 7) is 0. The molecule has 0 radical (unpaired) electrons. The van der Waals surface area contributed by atoms with E-state index in [1.165, 1.54) is 24.3 Å². The zero-order valence-electron chi connectivity index (χ0n) is 10.8. The molecule has 2 amide bonds. The highest BCUT2D eigenvalue weighted by Gasteiger charge is 2.15. The van der Waals surface area contributed by atoms with Gasteiger partial charge in [-0.25, -0.2) is 4.39 Å². The molecule has 0 spiro atoms. The molecule has 0 aromatic heterocycles. The summed E-state index contributed by atoms with van der Waals surface area (Å²) in [5, 5.41) is 0.236. The molecule has 0 aliphatic rings. The third kappa shape index (κ3) is 3.88. The van der Waals surface area contributed by atoms with E-state index < -0.39 is 17.6 Å². The van der Waals surface area contributed by atoms with Gasteiger partial charge in [0.15, 0.2) is 0 Å². The molecule has 0 saturated carbocycles. The van der Waals surface area contributed by atoms with Crippen LogP contribution in [0.3, 0.4) is 0 Å². The van der Waals surface area contributed by atoms with E-state index in [9.17, 15) is 14.0 Å². The largest absolute Gasteiger partial charge is 0.271 e. The predicted octanol–water partition coefficient (Wildman–Crippen LogP) is 3.86. The van der Waals surface area contributed by atoms with Gasteiger partial charge in [-0.15, -0.1) is 0 Å². The van der Waals surface area contributed by atoms with Crippen LogP contribution in [0.5, 0.6) is 0 Å². The second-order valence-electron chi connectivity index (χ2n) is 4.16. The van der Waals surface area contributed by atoms with E-state index in [4.69, 9.17) is 34.8 Å². The highest BCUT2D eigenvalue weighted by molar-refractivity contribution is 6.36. The maximum atomic E-state index is 13.4. The molecule has 2 rings (SSSR count). The van der Waals surface area contributed by atoms with Crippen molar-refractivity contribution in [2.24, 2.45) is 0 Å². The minimum absolute atomic E-state index is 0.0374. The summed E-state index contributed by atoms with van der Waals surface area (Å²) in [5.74, 6) is -2.13. The first-order chi connectivity index (χ1) is 10.4. The fraction of sp³-hybridized carbons (Fsp3) is 0. The van der Waals surface area contributed by atoms with Crippen molar-refractivity contribution in [2.75, 3.05) is 0 Å². The summed E-state index contributed by atoms with van der Waals surface area (Å²) in [6.07, 6.45) is 0. The van der Waals surface area contributed by atoms with E-state index in [1.807, 2.05) is 0 Å². The topological polar surface area (TPSA) is 58.2 Å². The molecule has 2 N–H and O–H groups in total. The fourth-order valence-electron chi connectivity index (χ4n) is 1.55. The number of amides is 2. The number of halogens is 4. The quantitative estimate of drug-likeness (QED) is 0.630. The molecule has 0 unspecified atom stereocenters. The van der Waals surface area contributed by atoms with Crippen LogP contribution in [0.4, 0.5) is 4.39 Å². The summed E-state index contributed by atoms with van der Waals surface area (Å²) in [4.78, 5) is 23.7. The molecule has 0 fully saturated rings. The van der Waals surface area contributed by atoms with Crippen molar-refractivity contribution in [2.45, 2.75) is 0 Å². The van der Waals surface area contributed by atoms with Gasteiger partial charge < -0.3 is 0 Å². The third-order valence-corrected chi connectivity index (χ3v) is 3.50. The van der Waals surface area contributed by atoms with Crippen molar-refractivity contribution >= 4 is 46.6 Å². The number of hydrogen-bond donors (Lipinski definition) is 2. The number of hydrazine groups is 1. The SMILES string of the molecule is O=C(NNC(=O)c1cc(F)c(Cl)cc1Cl)c1ccc(Cl)cc1. The maximum absolute atomic E-state index is 13.4. The average Bonchev–Trinajstić information content (AvgIpc) is 2.49. The average molecular weight is 362 g/mol. The van der Waals surface area contributed by atoms with E-state index in [0.29, 0.717) is 5.02 Å². The minimum Gasteiger partial charge on any atom is -0.267 e. The number of carbonyl (C=O) groups excluding carboxylic acids is 2. The zero-order chi connectivity index (χ0) is 16.3. The summed E-state index contributed by atoms with van der Waals surface area (Å²) < 4.78 is 13.4.